The minimum Gasteiger partial charge on any atom is -0.481 e. The Hall–Kier alpha value is -2.38. The summed E-state index contributed by atoms with van der Waals surface area (Å²) in [7, 11) is 0. The van der Waals surface area contributed by atoms with Gasteiger partial charge in [-0.1, -0.05) is 6.92 Å². The van der Waals surface area contributed by atoms with E-state index >= 15 is 0 Å². The number of nitrogens with zero attached hydrogens (tertiary/aromatic N) is 4. The van der Waals surface area contributed by atoms with Crippen LogP contribution in [-0.2, 0) is 11.3 Å². The van der Waals surface area contributed by atoms with E-state index in [0.29, 0.717) is 0 Å². The zero-order valence-corrected chi connectivity index (χ0v) is 9.92. The Kier molecular flexibility index (Phi) is 3.50. The first-order chi connectivity index (χ1) is 8.99. The lowest BCUT2D eigenvalue weighted by Crippen LogP contribution is -2.18. The Morgan fingerprint density at radius 1 is 1.47 bits per heavy atom. The Bertz CT molecular complexity index is 614. The van der Waals surface area contributed by atoms with Crippen LogP contribution in [0.5, 0.6) is 0 Å². The third-order valence-electron chi connectivity index (χ3n) is 2.57. The van der Waals surface area contributed by atoms with Crippen LogP contribution < -0.4 is 0 Å². The maximum absolute atomic E-state index is 13.6. The molecule has 0 aliphatic carbocycles. The molecule has 0 bridgehead atoms. The minimum absolute atomic E-state index is 0.00547. The third kappa shape index (κ3) is 2.72. The molecule has 0 amide bonds. The number of carbonyl (C=O) groups is 1. The van der Waals surface area contributed by atoms with E-state index < -0.39 is 23.5 Å². The summed E-state index contributed by atoms with van der Waals surface area (Å²) >= 11 is 0. The average Bonchev–Trinajstić information content (AvgIpc) is 2.77. The van der Waals surface area contributed by atoms with E-state index in [9.17, 15) is 13.6 Å². The first-order valence-electron chi connectivity index (χ1n) is 5.43. The largest absolute Gasteiger partial charge is 0.481 e. The lowest BCUT2D eigenvalue weighted by Gasteiger charge is -2.08. The summed E-state index contributed by atoms with van der Waals surface area (Å²) in [5.41, 5.74) is 0.0176. The molecule has 1 aromatic heterocycles. The molecule has 6 nitrogen and oxygen atoms in total. The quantitative estimate of drug-likeness (QED) is 0.904. The third-order valence-corrected chi connectivity index (χ3v) is 2.57. The first kappa shape index (κ1) is 13.1. The second-order valence-electron chi connectivity index (χ2n) is 4.05. The van der Waals surface area contributed by atoms with Gasteiger partial charge in [0.1, 0.15) is 11.6 Å². The van der Waals surface area contributed by atoms with Crippen molar-refractivity contribution in [2.45, 2.75) is 13.5 Å². The maximum Gasteiger partial charge on any atom is 0.308 e. The number of benzene rings is 1. The van der Waals surface area contributed by atoms with E-state index in [4.69, 9.17) is 5.11 Å². The SMILES string of the molecule is CC(Cn1nnnc1-c1ccc(F)cc1F)C(=O)O. The highest BCUT2D eigenvalue weighted by Crippen LogP contribution is 2.21. The van der Waals surface area contributed by atoms with Gasteiger partial charge < -0.3 is 5.11 Å². The van der Waals surface area contributed by atoms with Crippen molar-refractivity contribution in [2.75, 3.05) is 0 Å². The van der Waals surface area contributed by atoms with Crippen molar-refractivity contribution in [1.82, 2.24) is 20.2 Å². The molecule has 2 aromatic rings. The van der Waals surface area contributed by atoms with Crippen LogP contribution in [-0.4, -0.2) is 31.3 Å². The standard InChI is InChI=1S/C11H10F2N4O2/c1-6(11(18)19)5-17-10(14-15-16-17)8-3-2-7(12)4-9(8)13/h2-4,6H,5H2,1H3,(H,18,19). The normalized spacial score (nSPS) is 12.4. The molecule has 1 unspecified atom stereocenters. The van der Waals surface area contributed by atoms with Gasteiger partial charge in [-0.05, 0) is 22.6 Å². The van der Waals surface area contributed by atoms with Crippen LogP contribution in [0.2, 0.25) is 0 Å². The van der Waals surface area contributed by atoms with E-state index in [-0.39, 0.29) is 17.9 Å². The number of hydrogen-bond acceptors (Lipinski definition) is 4. The second-order valence-corrected chi connectivity index (χ2v) is 4.05. The molecule has 1 N–H and O–H groups in total. The van der Waals surface area contributed by atoms with Crippen molar-refractivity contribution in [3.8, 4) is 11.4 Å². The van der Waals surface area contributed by atoms with Gasteiger partial charge >= 0.3 is 5.97 Å². The topological polar surface area (TPSA) is 80.9 Å². The summed E-state index contributed by atoms with van der Waals surface area (Å²) in [5, 5.41) is 19.5. The van der Waals surface area contributed by atoms with E-state index in [1.165, 1.54) is 17.7 Å². The molecular formula is C11H10F2N4O2. The number of rotatable bonds is 4. The molecule has 1 atom stereocenters. The number of carboxylic acid groups (broad SMARTS) is 1. The smallest absolute Gasteiger partial charge is 0.308 e. The Balaban J connectivity index is 2.36. The number of aliphatic carboxylic acids is 1. The van der Waals surface area contributed by atoms with Crippen LogP contribution in [0.3, 0.4) is 0 Å². The van der Waals surface area contributed by atoms with Gasteiger partial charge in [0.15, 0.2) is 5.82 Å². The van der Waals surface area contributed by atoms with Gasteiger partial charge in [-0.3, -0.25) is 4.79 Å². The van der Waals surface area contributed by atoms with Gasteiger partial charge in [0, 0.05) is 6.07 Å². The summed E-state index contributed by atoms with van der Waals surface area (Å²) in [4.78, 5) is 10.8. The van der Waals surface area contributed by atoms with Gasteiger partial charge in [-0.15, -0.1) is 5.10 Å². The Morgan fingerprint density at radius 3 is 2.84 bits per heavy atom. The van der Waals surface area contributed by atoms with Crippen molar-refractivity contribution >= 4 is 5.97 Å². The Labute approximate surface area is 106 Å². The van der Waals surface area contributed by atoms with Crippen molar-refractivity contribution in [1.29, 1.82) is 0 Å². The van der Waals surface area contributed by atoms with E-state index in [1.54, 1.807) is 0 Å². The molecule has 0 aliphatic rings. The van der Waals surface area contributed by atoms with Crippen LogP contribution in [0.15, 0.2) is 18.2 Å². The monoisotopic (exact) mass is 268 g/mol. The van der Waals surface area contributed by atoms with Gasteiger partial charge in [0.25, 0.3) is 0 Å². The summed E-state index contributed by atoms with van der Waals surface area (Å²) in [6.45, 7) is 1.48. The highest BCUT2D eigenvalue weighted by atomic mass is 19.1. The molecule has 19 heavy (non-hydrogen) atoms. The number of tetrazole rings is 1. The summed E-state index contributed by atoms with van der Waals surface area (Å²) in [6.07, 6.45) is 0. The lowest BCUT2D eigenvalue weighted by molar-refractivity contribution is -0.141. The van der Waals surface area contributed by atoms with Crippen molar-refractivity contribution in [3.63, 3.8) is 0 Å². The summed E-state index contributed by atoms with van der Waals surface area (Å²) in [5.74, 6) is -3.20. The molecule has 0 saturated carbocycles. The Morgan fingerprint density at radius 2 is 2.21 bits per heavy atom. The molecule has 2 rings (SSSR count). The molecule has 100 valence electrons. The van der Waals surface area contributed by atoms with E-state index in [1.807, 2.05) is 0 Å². The van der Waals surface area contributed by atoms with Crippen LogP contribution in [0.1, 0.15) is 6.92 Å². The molecule has 1 aromatic carbocycles. The fourth-order valence-electron chi connectivity index (χ4n) is 1.53. The van der Waals surface area contributed by atoms with Crippen LogP contribution >= 0.6 is 0 Å². The van der Waals surface area contributed by atoms with E-state index in [2.05, 4.69) is 15.5 Å². The minimum atomic E-state index is -1.01. The van der Waals surface area contributed by atoms with E-state index in [0.717, 1.165) is 12.1 Å². The molecule has 0 saturated heterocycles. The molecule has 0 fully saturated rings. The highest BCUT2D eigenvalue weighted by Gasteiger charge is 2.18. The van der Waals surface area contributed by atoms with Crippen molar-refractivity contribution in [2.24, 2.45) is 5.92 Å². The summed E-state index contributed by atoms with van der Waals surface area (Å²) in [6, 6.07) is 3.01. The number of aromatic nitrogens is 4. The second kappa shape index (κ2) is 5.09. The van der Waals surface area contributed by atoms with Gasteiger partial charge in [0.05, 0.1) is 18.0 Å². The first-order valence-corrected chi connectivity index (χ1v) is 5.43. The van der Waals surface area contributed by atoms with Crippen molar-refractivity contribution < 1.29 is 18.7 Å². The van der Waals surface area contributed by atoms with Crippen LogP contribution in [0.25, 0.3) is 11.4 Å². The highest BCUT2D eigenvalue weighted by molar-refractivity contribution is 5.69. The molecular weight excluding hydrogens is 258 g/mol. The number of halogens is 2. The molecule has 0 radical (unpaired) electrons. The predicted molar refractivity (Wildman–Crippen MR) is 60.0 cm³/mol. The van der Waals surface area contributed by atoms with Crippen LogP contribution in [0, 0.1) is 17.6 Å². The zero-order chi connectivity index (χ0) is 14.0. The average molecular weight is 268 g/mol. The predicted octanol–water partition coefficient (Wildman–Crippen LogP) is 1.34. The molecule has 8 heteroatoms. The molecule has 1 heterocycles. The zero-order valence-electron chi connectivity index (χ0n) is 9.92. The van der Waals surface area contributed by atoms with Gasteiger partial charge in [-0.2, -0.15) is 0 Å². The fraction of sp³-hybridized carbons (Fsp3) is 0.273. The summed E-state index contributed by atoms with van der Waals surface area (Å²) < 4.78 is 27.6. The molecule has 0 aliphatic heterocycles. The van der Waals surface area contributed by atoms with Gasteiger partial charge in [0.2, 0.25) is 0 Å². The van der Waals surface area contributed by atoms with Crippen LogP contribution in [0.4, 0.5) is 8.78 Å². The van der Waals surface area contributed by atoms with Crippen molar-refractivity contribution in [3.05, 3.63) is 29.8 Å². The lowest BCUT2D eigenvalue weighted by atomic mass is 10.1. The molecule has 0 spiro atoms. The van der Waals surface area contributed by atoms with Gasteiger partial charge in [-0.25, -0.2) is 13.5 Å². The maximum atomic E-state index is 13.6. The number of carboxylic acids is 1. The number of hydrogen-bond donors (Lipinski definition) is 1. The fourth-order valence-corrected chi connectivity index (χ4v) is 1.53.